The van der Waals surface area contributed by atoms with E-state index >= 15 is 0 Å². The van der Waals surface area contributed by atoms with Gasteiger partial charge in [-0.15, -0.1) is 0 Å². The van der Waals surface area contributed by atoms with E-state index in [0.29, 0.717) is 10.6 Å². The van der Waals surface area contributed by atoms with Gasteiger partial charge < -0.3 is 5.32 Å². The third-order valence-electron chi connectivity index (χ3n) is 4.90. The second-order valence-electron chi connectivity index (χ2n) is 6.57. The monoisotopic (exact) mass is 326 g/mol. The first-order valence-electron chi connectivity index (χ1n) is 8.08. The smallest absolute Gasteiger partial charge is 0.0465 e. The van der Waals surface area contributed by atoms with Crippen LogP contribution in [0.1, 0.15) is 44.1 Å². The van der Waals surface area contributed by atoms with Crippen LogP contribution < -0.4 is 5.32 Å². The number of nitrogens with one attached hydrogen (secondary N) is 1. The Morgan fingerprint density at radius 1 is 1.10 bits per heavy atom. The summed E-state index contributed by atoms with van der Waals surface area (Å²) >= 11 is 12.3. The zero-order chi connectivity index (χ0) is 14.7. The molecule has 2 fully saturated rings. The van der Waals surface area contributed by atoms with Gasteiger partial charge in [0.25, 0.3) is 0 Å². The van der Waals surface area contributed by atoms with Crippen LogP contribution >= 0.6 is 23.2 Å². The van der Waals surface area contributed by atoms with Gasteiger partial charge in [0, 0.05) is 28.7 Å². The Morgan fingerprint density at radius 3 is 2.67 bits per heavy atom. The molecule has 1 N–H and O–H groups in total. The van der Waals surface area contributed by atoms with Crippen molar-refractivity contribution in [1.29, 1.82) is 0 Å². The molecule has 0 bridgehead atoms. The highest BCUT2D eigenvalue weighted by Gasteiger charge is 2.34. The van der Waals surface area contributed by atoms with Crippen LogP contribution in [0.5, 0.6) is 0 Å². The maximum Gasteiger partial charge on any atom is 0.0465 e. The lowest BCUT2D eigenvalue weighted by Gasteiger charge is -2.40. The van der Waals surface area contributed by atoms with E-state index in [1.807, 2.05) is 12.1 Å². The molecule has 0 radical (unpaired) electrons. The van der Waals surface area contributed by atoms with Gasteiger partial charge in [-0.05, 0) is 50.0 Å². The second kappa shape index (κ2) is 6.87. The van der Waals surface area contributed by atoms with Gasteiger partial charge in [0.2, 0.25) is 0 Å². The summed E-state index contributed by atoms with van der Waals surface area (Å²) in [6.45, 7) is 4.37. The van der Waals surface area contributed by atoms with E-state index in [1.165, 1.54) is 44.1 Å². The summed E-state index contributed by atoms with van der Waals surface area (Å²) in [5, 5.41) is 5.34. The third-order valence-corrected chi connectivity index (χ3v) is 5.48. The van der Waals surface area contributed by atoms with E-state index in [9.17, 15) is 0 Å². The highest BCUT2D eigenvalue weighted by molar-refractivity contribution is 6.35. The van der Waals surface area contributed by atoms with Gasteiger partial charge in [-0.3, -0.25) is 4.90 Å². The lowest BCUT2D eigenvalue weighted by atomic mass is 9.81. The summed E-state index contributed by atoms with van der Waals surface area (Å²) in [5.74, 6) is 0. The molecule has 21 heavy (non-hydrogen) atoms. The van der Waals surface area contributed by atoms with E-state index < -0.39 is 0 Å². The van der Waals surface area contributed by atoms with Crippen LogP contribution in [-0.2, 0) is 6.54 Å². The van der Waals surface area contributed by atoms with E-state index in [4.69, 9.17) is 23.2 Å². The molecule has 1 saturated carbocycles. The van der Waals surface area contributed by atoms with Crippen molar-refractivity contribution in [2.45, 2.75) is 50.6 Å². The first-order chi connectivity index (χ1) is 10.2. The molecule has 1 spiro atoms. The van der Waals surface area contributed by atoms with Crippen LogP contribution in [0.25, 0.3) is 0 Å². The van der Waals surface area contributed by atoms with Crippen LogP contribution in [0.15, 0.2) is 18.2 Å². The molecule has 1 heterocycles. The van der Waals surface area contributed by atoms with Crippen LogP contribution in [-0.4, -0.2) is 30.1 Å². The Hall–Kier alpha value is -0.280. The average Bonchev–Trinajstić information content (AvgIpc) is 2.65. The normalized spacial score (nSPS) is 23.1. The minimum absolute atomic E-state index is 0.341. The Balaban J connectivity index is 1.71. The van der Waals surface area contributed by atoms with Gasteiger partial charge in [-0.1, -0.05) is 48.5 Å². The van der Waals surface area contributed by atoms with Crippen LogP contribution in [0.2, 0.25) is 10.0 Å². The Kier molecular flexibility index (Phi) is 5.11. The zero-order valence-corrected chi connectivity index (χ0v) is 14.0. The van der Waals surface area contributed by atoms with Gasteiger partial charge in [0.05, 0.1) is 0 Å². The summed E-state index contributed by atoms with van der Waals surface area (Å²) in [4.78, 5) is 2.57. The van der Waals surface area contributed by atoms with Crippen molar-refractivity contribution in [2.75, 3.05) is 19.6 Å². The lowest BCUT2D eigenvalue weighted by molar-refractivity contribution is 0.159. The highest BCUT2D eigenvalue weighted by atomic mass is 35.5. The lowest BCUT2D eigenvalue weighted by Crippen LogP contribution is -2.52. The molecule has 0 aromatic heterocycles. The molecule has 1 aliphatic heterocycles. The fourth-order valence-electron chi connectivity index (χ4n) is 3.81. The number of rotatable bonds is 2. The first-order valence-corrected chi connectivity index (χ1v) is 8.84. The summed E-state index contributed by atoms with van der Waals surface area (Å²) in [5.41, 5.74) is 1.53. The molecule has 3 rings (SSSR count). The number of hydrogen-bond acceptors (Lipinski definition) is 2. The standard InChI is InChI=1S/C17H24Cl2N2/c18-15-6-5-14(16(19)11-15)12-21-10-4-9-20-17(13-21)7-2-1-3-8-17/h5-6,11,20H,1-4,7-10,12-13H2. The van der Waals surface area contributed by atoms with Crippen molar-refractivity contribution in [3.05, 3.63) is 33.8 Å². The van der Waals surface area contributed by atoms with Crippen molar-refractivity contribution in [2.24, 2.45) is 0 Å². The summed E-state index contributed by atoms with van der Waals surface area (Å²) in [6, 6.07) is 5.86. The molecule has 1 aromatic rings. The molecule has 1 saturated heterocycles. The van der Waals surface area contributed by atoms with E-state index in [-0.39, 0.29) is 0 Å². The van der Waals surface area contributed by atoms with E-state index in [1.54, 1.807) is 0 Å². The minimum atomic E-state index is 0.341. The SMILES string of the molecule is Clc1ccc(CN2CCCNC3(CCCCC3)C2)c(Cl)c1. The van der Waals surface area contributed by atoms with Crippen molar-refractivity contribution >= 4 is 23.2 Å². The number of halogens is 2. The van der Waals surface area contributed by atoms with Crippen molar-refractivity contribution in [1.82, 2.24) is 10.2 Å². The largest absolute Gasteiger partial charge is 0.310 e. The molecule has 2 aliphatic rings. The number of hydrogen-bond donors (Lipinski definition) is 1. The average molecular weight is 327 g/mol. The summed E-state index contributed by atoms with van der Waals surface area (Å²) in [7, 11) is 0. The van der Waals surface area contributed by atoms with Gasteiger partial charge in [0.15, 0.2) is 0 Å². The molecule has 0 amide bonds. The maximum atomic E-state index is 6.34. The van der Waals surface area contributed by atoms with Gasteiger partial charge in [0.1, 0.15) is 0 Å². The zero-order valence-electron chi connectivity index (χ0n) is 12.5. The molecule has 2 nitrogen and oxygen atoms in total. The molecule has 0 atom stereocenters. The summed E-state index contributed by atoms with van der Waals surface area (Å²) in [6.07, 6.45) is 7.97. The van der Waals surface area contributed by atoms with Crippen LogP contribution in [0, 0.1) is 0 Å². The molecular formula is C17H24Cl2N2. The van der Waals surface area contributed by atoms with Crippen molar-refractivity contribution in [3.63, 3.8) is 0 Å². The quantitative estimate of drug-likeness (QED) is 0.861. The van der Waals surface area contributed by atoms with Gasteiger partial charge in [-0.25, -0.2) is 0 Å². The maximum absolute atomic E-state index is 6.34. The Labute approximate surface area is 137 Å². The van der Waals surface area contributed by atoms with E-state index in [0.717, 1.165) is 31.2 Å². The first kappa shape index (κ1) is 15.6. The molecular weight excluding hydrogens is 303 g/mol. The fraction of sp³-hybridized carbons (Fsp3) is 0.647. The predicted octanol–water partition coefficient (Wildman–Crippen LogP) is 4.49. The molecule has 0 unspecified atom stereocenters. The predicted molar refractivity (Wildman–Crippen MR) is 90.2 cm³/mol. The second-order valence-corrected chi connectivity index (χ2v) is 7.41. The Bertz CT molecular complexity index is 484. The molecule has 116 valence electrons. The summed E-state index contributed by atoms with van der Waals surface area (Å²) < 4.78 is 0. The highest BCUT2D eigenvalue weighted by Crippen LogP contribution is 2.31. The molecule has 1 aromatic carbocycles. The van der Waals surface area contributed by atoms with Crippen LogP contribution in [0.3, 0.4) is 0 Å². The van der Waals surface area contributed by atoms with Gasteiger partial charge >= 0.3 is 0 Å². The van der Waals surface area contributed by atoms with Crippen molar-refractivity contribution < 1.29 is 0 Å². The molecule has 1 aliphatic carbocycles. The molecule has 4 heteroatoms. The van der Waals surface area contributed by atoms with Crippen molar-refractivity contribution in [3.8, 4) is 0 Å². The minimum Gasteiger partial charge on any atom is -0.310 e. The Morgan fingerprint density at radius 2 is 1.90 bits per heavy atom. The third kappa shape index (κ3) is 3.92. The topological polar surface area (TPSA) is 15.3 Å². The number of nitrogens with zero attached hydrogens (tertiary/aromatic N) is 1. The van der Waals surface area contributed by atoms with Crippen LogP contribution in [0.4, 0.5) is 0 Å². The van der Waals surface area contributed by atoms with E-state index in [2.05, 4.69) is 16.3 Å². The number of benzene rings is 1. The van der Waals surface area contributed by atoms with Gasteiger partial charge in [-0.2, -0.15) is 0 Å². The fourth-order valence-corrected chi connectivity index (χ4v) is 4.28.